The number of sulfonamides is 1. The summed E-state index contributed by atoms with van der Waals surface area (Å²) in [4.78, 5) is 40.6. The van der Waals surface area contributed by atoms with Crippen LogP contribution in [-0.2, 0) is 32.6 Å². The van der Waals surface area contributed by atoms with Crippen molar-refractivity contribution in [2.24, 2.45) is 0 Å². The van der Waals surface area contributed by atoms with E-state index in [1.165, 1.54) is 49.3 Å². The fourth-order valence-electron chi connectivity index (χ4n) is 5.21. The summed E-state index contributed by atoms with van der Waals surface area (Å²) in [5.41, 5.74) is 1.25. The molecule has 4 rings (SSSR count). The van der Waals surface area contributed by atoms with Crippen molar-refractivity contribution >= 4 is 60.7 Å². The van der Waals surface area contributed by atoms with Gasteiger partial charge in [-0.25, -0.2) is 8.42 Å². The number of rotatable bonds is 14. The van der Waals surface area contributed by atoms with Crippen molar-refractivity contribution in [3.63, 3.8) is 0 Å². The molecule has 0 radical (unpaired) electrons. The highest BCUT2D eigenvalue weighted by Crippen LogP contribution is 2.36. The van der Waals surface area contributed by atoms with Crippen molar-refractivity contribution in [1.82, 2.24) is 10.2 Å². The summed E-state index contributed by atoms with van der Waals surface area (Å²) < 4.78 is 35.9. The molecule has 0 bridgehead atoms. The summed E-state index contributed by atoms with van der Waals surface area (Å²) in [5.74, 6) is -1.06. The molecule has 0 saturated carbocycles. The lowest BCUT2D eigenvalue weighted by Gasteiger charge is -2.34. The first-order valence-electron chi connectivity index (χ1n) is 15.2. The zero-order valence-corrected chi connectivity index (χ0v) is 30.5. The van der Waals surface area contributed by atoms with Crippen LogP contribution in [0.4, 0.5) is 11.4 Å². The number of nitro benzene ring substituents is 1. The number of hydrogen-bond donors (Lipinski definition) is 1. The summed E-state index contributed by atoms with van der Waals surface area (Å²) in [7, 11) is -3.34. The number of methoxy groups -OCH3 is 1. The van der Waals surface area contributed by atoms with Gasteiger partial charge in [0, 0.05) is 40.1 Å². The first kappa shape index (κ1) is 37.4. The van der Waals surface area contributed by atoms with Crippen molar-refractivity contribution in [3.8, 4) is 5.75 Å². The SMILES string of the molecule is COc1ccc(Cl)cc1N(CC(=O)N(Cc1cccc(Br)c1)[C@@H](Cc1ccccc1)C(=O)NC(C)C)S(=O)(=O)c1ccc(C)c([N+](=O)[O-])c1. The molecule has 1 atom stereocenters. The molecule has 0 aliphatic carbocycles. The Hall–Kier alpha value is -4.46. The van der Waals surface area contributed by atoms with Gasteiger partial charge in [-0.05, 0) is 68.3 Å². The molecule has 0 saturated heterocycles. The fourth-order valence-corrected chi connectivity index (χ4v) is 7.26. The molecule has 0 heterocycles. The second kappa shape index (κ2) is 16.3. The Labute approximate surface area is 299 Å². The number of anilines is 1. The first-order chi connectivity index (χ1) is 23.2. The van der Waals surface area contributed by atoms with E-state index in [0.29, 0.717) is 5.56 Å². The minimum absolute atomic E-state index is 0.0438. The van der Waals surface area contributed by atoms with Crippen LogP contribution in [0.25, 0.3) is 0 Å². The maximum atomic E-state index is 14.7. The lowest BCUT2D eigenvalue weighted by atomic mass is 10.0. The molecule has 4 aromatic carbocycles. The Balaban J connectivity index is 1.90. The van der Waals surface area contributed by atoms with E-state index in [1.807, 2.05) is 36.4 Å². The molecule has 1 N–H and O–H groups in total. The number of ether oxygens (including phenoxy) is 1. The smallest absolute Gasteiger partial charge is 0.273 e. The van der Waals surface area contributed by atoms with E-state index in [-0.39, 0.29) is 41.0 Å². The van der Waals surface area contributed by atoms with E-state index in [0.717, 1.165) is 20.4 Å². The van der Waals surface area contributed by atoms with Gasteiger partial charge in [-0.1, -0.05) is 76.1 Å². The van der Waals surface area contributed by atoms with E-state index in [2.05, 4.69) is 21.2 Å². The van der Waals surface area contributed by atoms with Crippen LogP contribution in [0.3, 0.4) is 0 Å². The van der Waals surface area contributed by atoms with Gasteiger partial charge in [0.05, 0.1) is 22.6 Å². The van der Waals surface area contributed by atoms with Gasteiger partial charge in [0.25, 0.3) is 15.7 Å². The zero-order valence-electron chi connectivity index (χ0n) is 27.3. The minimum Gasteiger partial charge on any atom is -0.495 e. The van der Waals surface area contributed by atoms with Gasteiger partial charge in [-0.2, -0.15) is 0 Å². The lowest BCUT2D eigenvalue weighted by Crippen LogP contribution is -2.54. The number of nitrogens with zero attached hydrogens (tertiary/aromatic N) is 3. The molecule has 49 heavy (non-hydrogen) atoms. The summed E-state index contributed by atoms with van der Waals surface area (Å²) >= 11 is 9.80. The monoisotopic (exact) mass is 770 g/mol. The van der Waals surface area contributed by atoms with Crippen LogP contribution < -0.4 is 14.4 Å². The minimum atomic E-state index is -4.67. The number of nitrogens with one attached hydrogen (secondary N) is 1. The molecule has 0 fully saturated rings. The number of nitro groups is 1. The Bertz CT molecular complexity index is 1940. The molecule has 11 nitrogen and oxygen atoms in total. The van der Waals surface area contributed by atoms with Gasteiger partial charge in [0.2, 0.25) is 11.8 Å². The second-order valence-electron chi connectivity index (χ2n) is 11.6. The van der Waals surface area contributed by atoms with Crippen LogP contribution in [0.15, 0.2) is 100 Å². The summed E-state index contributed by atoms with van der Waals surface area (Å²) in [6.45, 7) is 4.26. The quantitative estimate of drug-likeness (QED) is 0.111. The van der Waals surface area contributed by atoms with Crippen LogP contribution in [0.1, 0.15) is 30.5 Å². The molecule has 0 aliphatic rings. The van der Waals surface area contributed by atoms with Crippen molar-refractivity contribution in [2.75, 3.05) is 18.0 Å². The Morgan fingerprint density at radius 3 is 2.31 bits per heavy atom. The fraction of sp³-hybridized carbons (Fsp3) is 0.257. The van der Waals surface area contributed by atoms with E-state index in [9.17, 15) is 28.1 Å². The van der Waals surface area contributed by atoms with Crippen LogP contribution >= 0.6 is 27.5 Å². The molecule has 0 unspecified atom stereocenters. The first-order valence-corrected chi connectivity index (χ1v) is 17.8. The predicted octanol–water partition coefficient (Wildman–Crippen LogP) is 6.69. The van der Waals surface area contributed by atoms with Crippen molar-refractivity contribution in [3.05, 3.63) is 127 Å². The number of halogens is 2. The van der Waals surface area contributed by atoms with Gasteiger partial charge < -0.3 is 15.0 Å². The van der Waals surface area contributed by atoms with E-state index in [1.54, 1.807) is 32.0 Å². The normalized spacial score (nSPS) is 11.9. The highest BCUT2D eigenvalue weighted by atomic mass is 79.9. The summed E-state index contributed by atoms with van der Waals surface area (Å²) in [5, 5.41) is 14.8. The molecule has 0 aromatic heterocycles. The second-order valence-corrected chi connectivity index (χ2v) is 14.8. The number of carbonyl (C=O) groups excluding carboxylic acids is 2. The van der Waals surface area contributed by atoms with Gasteiger partial charge in [0.15, 0.2) is 0 Å². The van der Waals surface area contributed by atoms with Crippen molar-refractivity contribution in [2.45, 2.75) is 50.7 Å². The predicted molar refractivity (Wildman–Crippen MR) is 192 cm³/mol. The lowest BCUT2D eigenvalue weighted by molar-refractivity contribution is -0.385. The summed E-state index contributed by atoms with van der Waals surface area (Å²) in [6, 6.07) is 22.9. The third kappa shape index (κ3) is 9.37. The average molecular weight is 772 g/mol. The topological polar surface area (TPSA) is 139 Å². The molecule has 258 valence electrons. The Kier molecular flexibility index (Phi) is 12.4. The Morgan fingerprint density at radius 1 is 0.980 bits per heavy atom. The van der Waals surface area contributed by atoms with E-state index in [4.69, 9.17) is 16.3 Å². The number of hydrogen-bond acceptors (Lipinski definition) is 7. The standard InChI is InChI=1S/C35H36BrClN4O7S/c1-23(2)38-35(43)32(18-25-9-6-5-7-10-25)39(21-26-11-8-12-27(36)17-26)34(42)22-40(31-19-28(37)14-16-33(31)48-4)49(46,47)29-15-13-24(3)30(20-29)41(44)45/h5-17,19-20,23,32H,18,21-22H2,1-4H3,(H,38,43)/t32-/m0/s1. The molecule has 0 aliphatic heterocycles. The van der Waals surface area contributed by atoms with Crippen LogP contribution in [0, 0.1) is 17.0 Å². The third-order valence-electron chi connectivity index (χ3n) is 7.60. The van der Waals surface area contributed by atoms with Crippen molar-refractivity contribution < 1.29 is 27.7 Å². The molecule has 0 spiro atoms. The van der Waals surface area contributed by atoms with Gasteiger partial charge >= 0.3 is 0 Å². The molecular weight excluding hydrogens is 736 g/mol. The van der Waals surface area contributed by atoms with Crippen LogP contribution in [0.5, 0.6) is 5.75 Å². The number of aryl methyl sites for hydroxylation is 1. The maximum Gasteiger partial charge on any atom is 0.273 e. The van der Waals surface area contributed by atoms with E-state index >= 15 is 0 Å². The maximum absolute atomic E-state index is 14.7. The number of benzene rings is 4. The van der Waals surface area contributed by atoms with Crippen LogP contribution in [0.2, 0.25) is 5.02 Å². The zero-order chi connectivity index (χ0) is 35.9. The number of amides is 2. The molecule has 4 aromatic rings. The van der Waals surface area contributed by atoms with Gasteiger partial charge in [-0.3, -0.25) is 24.0 Å². The highest BCUT2D eigenvalue weighted by molar-refractivity contribution is 9.10. The van der Waals surface area contributed by atoms with E-state index < -0.39 is 49.9 Å². The summed E-state index contributed by atoms with van der Waals surface area (Å²) in [6.07, 6.45) is 0.135. The third-order valence-corrected chi connectivity index (χ3v) is 10.1. The largest absolute Gasteiger partial charge is 0.495 e. The Morgan fingerprint density at radius 2 is 1.67 bits per heavy atom. The molecular formula is C35H36BrClN4O7S. The highest BCUT2D eigenvalue weighted by Gasteiger charge is 2.36. The van der Waals surface area contributed by atoms with Gasteiger partial charge in [0.1, 0.15) is 18.3 Å². The number of carbonyl (C=O) groups is 2. The van der Waals surface area contributed by atoms with Crippen LogP contribution in [-0.4, -0.2) is 55.8 Å². The average Bonchev–Trinajstić information content (AvgIpc) is 3.05. The van der Waals surface area contributed by atoms with Gasteiger partial charge in [-0.15, -0.1) is 0 Å². The molecule has 2 amide bonds. The van der Waals surface area contributed by atoms with Crippen molar-refractivity contribution in [1.29, 1.82) is 0 Å². The molecule has 14 heteroatoms.